The molecule has 0 aromatic heterocycles. The van der Waals surface area contributed by atoms with Gasteiger partial charge in [-0.15, -0.1) is 11.8 Å². The number of rotatable bonds is 17. The van der Waals surface area contributed by atoms with E-state index in [1.54, 1.807) is 23.9 Å². The van der Waals surface area contributed by atoms with Crippen LogP contribution in [0.3, 0.4) is 0 Å². The molecular weight excluding hydrogens is 780 g/mol. The van der Waals surface area contributed by atoms with Crippen LogP contribution in [-0.4, -0.2) is 75.7 Å². The van der Waals surface area contributed by atoms with Gasteiger partial charge in [-0.05, 0) is 117 Å². The number of sulfonamides is 1. The highest BCUT2D eigenvalue weighted by Gasteiger charge is 2.26. The molecular formula is C43H47ClN6O5S2. The van der Waals surface area contributed by atoms with Crippen molar-refractivity contribution in [2.24, 2.45) is 0 Å². The number of nitrogens with one attached hydrogen (secondary N) is 3. The number of anilines is 2. The zero-order valence-electron chi connectivity index (χ0n) is 31.9. The molecule has 0 spiro atoms. The number of nitrogens with zero attached hydrogens (tertiary/aromatic N) is 3. The van der Waals surface area contributed by atoms with E-state index in [1.807, 2.05) is 91.8 Å². The Morgan fingerprint density at radius 1 is 0.930 bits per heavy atom. The summed E-state index contributed by atoms with van der Waals surface area (Å²) in [6.07, 6.45) is 2.58. The average molecular weight is 827 g/mol. The van der Waals surface area contributed by atoms with E-state index < -0.39 is 26.5 Å². The van der Waals surface area contributed by atoms with Crippen LogP contribution in [0.5, 0.6) is 0 Å². The lowest BCUT2D eigenvalue weighted by molar-refractivity contribution is -0.384. The van der Waals surface area contributed by atoms with Gasteiger partial charge in [0.25, 0.3) is 21.6 Å². The SMILES string of the molecule is CN(C)CC[C@H](CSc1ccccc1)Nc1ccc(S(=O)(=O)NC(=O)c2ccc(N3CCC(NCc4ccccc4-c4ccc(Cl)cc4)CC3)cc2)cc1[N+](=O)[O-]. The van der Waals surface area contributed by atoms with Gasteiger partial charge in [0, 0.05) is 64.7 Å². The third-order valence-corrected chi connectivity index (χ3v) is 12.7. The number of halogens is 1. The first-order valence-corrected chi connectivity index (χ1v) is 21.7. The van der Waals surface area contributed by atoms with Gasteiger partial charge in [0.05, 0.1) is 9.82 Å². The molecule has 1 aliphatic rings. The van der Waals surface area contributed by atoms with Gasteiger partial charge < -0.3 is 20.4 Å². The number of nitro groups is 1. The van der Waals surface area contributed by atoms with E-state index in [2.05, 4.69) is 38.5 Å². The van der Waals surface area contributed by atoms with Crippen molar-refractivity contribution in [3.05, 3.63) is 148 Å². The molecule has 5 aromatic rings. The van der Waals surface area contributed by atoms with Crippen molar-refractivity contribution in [3.8, 4) is 11.1 Å². The number of benzene rings is 5. The van der Waals surface area contributed by atoms with E-state index in [4.69, 9.17) is 11.6 Å². The smallest absolute Gasteiger partial charge is 0.293 e. The maximum absolute atomic E-state index is 13.4. The average Bonchev–Trinajstić information content (AvgIpc) is 3.22. The highest BCUT2D eigenvalue weighted by atomic mass is 35.5. The Bertz CT molecular complexity index is 2240. The predicted octanol–water partition coefficient (Wildman–Crippen LogP) is 8.32. The molecule has 0 radical (unpaired) electrons. The van der Waals surface area contributed by atoms with Crippen LogP contribution in [0.1, 0.15) is 35.2 Å². The topological polar surface area (TPSA) is 137 Å². The van der Waals surface area contributed by atoms with Gasteiger partial charge in [-0.25, -0.2) is 13.1 Å². The van der Waals surface area contributed by atoms with E-state index in [0.29, 0.717) is 23.2 Å². The quantitative estimate of drug-likeness (QED) is 0.0477. The Morgan fingerprint density at radius 3 is 2.30 bits per heavy atom. The first kappa shape index (κ1) is 41.7. The third kappa shape index (κ3) is 11.6. The second-order valence-electron chi connectivity index (χ2n) is 14.3. The summed E-state index contributed by atoms with van der Waals surface area (Å²) in [6, 6.07) is 36.8. The summed E-state index contributed by atoms with van der Waals surface area (Å²) >= 11 is 7.74. The van der Waals surface area contributed by atoms with Gasteiger partial charge in [0.15, 0.2) is 0 Å². The third-order valence-electron chi connectivity index (χ3n) is 9.93. The number of piperidine rings is 1. The van der Waals surface area contributed by atoms with Crippen molar-refractivity contribution in [3.63, 3.8) is 0 Å². The number of thioether (sulfide) groups is 1. The van der Waals surface area contributed by atoms with Crippen LogP contribution in [0.2, 0.25) is 5.02 Å². The summed E-state index contributed by atoms with van der Waals surface area (Å²) in [4.78, 5) is 29.7. The number of nitro benzene ring substituents is 1. The highest BCUT2D eigenvalue weighted by Crippen LogP contribution is 2.31. The fraction of sp³-hybridized carbons (Fsp3) is 0.279. The number of carbonyl (C=O) groups is 1. The highest BCUT2D eigenvalue weighted by molar-refractivity contribution is 7.99. The van der Waals surface area contributed by atoms with Crippen molar-refractivity contribution in [1.29, 1.82) is 0 Å². The maximum Gasteiger partial charge on any atom is 0.293 e. The zero-order chi connectivity index (χ0) is 40.4. The second kappa shape index (κ2) is 19.5. The van der Waals surface area contributed by atoms with Crippen LogP contribution in [0, 0.1) is 10.1 Å². The number of hydrogen-bond acceptors (Lipinski definition) is 10. The Kier molecular flexibility index (Phi) is 14.3. The van der Waals surface area contributed by atoms with Gasteiger partial charge >= 0.3 is 0 Å². The molecule has 11 nitrogen and oxygen atoms in total. The minimum absolute atomic E-state index is 0.140. The zero-order valence-corrected chi connectivity index (χ0v) is 34.3. The molecule has 3 N–H and O–H groups in total. The van der Waals surface area contributed by atoms with Crippen molar-refractivity contribution >= 4 is 56.4 Å². The molecule has 57 heavy (non-hydrogen) atoms. The Hall–Kier alpha value is -4.92. The summed E-state index contributed by atoms with van der Waals surface area (Å²) in [5, 5.41) is 19.9. The number of carbonyl (C=O) groups excluding carboxylic acids is 1. The predicted molar refractivity (Wildman–Crippen MR) is 231 cm³/mol. The van der Waals surface area contributed by atoms with Crippen LogP contribution in [0.25, 0.3) is 11.1 Å². The fourth-order valence-electron chi connectivity index (χ4n) is 6.74. The molecule has 1 saturated heterocycles. The molecule has 1 aliphatic heterocycles. The summed E-state index contributed by atoms with van der Waals surface area (Å²) in [5.41, 5.74) is 4.43. The van der Waals surface area contributed by atoms with Crippen molar-refractivity contribution in [2.45, 2.75) is 47.7 Å². The lowest BCUT2D eigenvalue weighted by atomic mass is 9.98. The van der Waals surface area contributed by atoms with Crippen molar-refractivity contribution in [1.82, 2.24) is 14.9 Å². The van der Waals surface area contributed by atoms with Crippen LogP contribution in [0.4, 0.5) is 17.1 Å². The van der Waals surface area contributed by atoms with E-state index in [9.17, 15) is 23.3 Å². The Balaban J connectivity index is 1.03. The van der Waals surface area contributed by atoms with Gasteiger partial charge in [0.1, 0.15) is 5.69 Å². The molecule has 0 aliphatic carbocycles. The molecule has 1 amide bonds. The molecule has 1 fully saturated rings. The Labute approximate surface area is 344 Å². The summed E-state index contributed by atoms with van der Waals surface area (Å²) in [6.45, 7) is 3.14. The summed E-state index contributed by atoms with van der Waals surface area (Å²) in [7, 11) is -0.506. The van der Waals surface area contributed by atoms with Crippen LogP contribution >= 0.6 is 23.4 Å². The summed E-state index contributed by atoms with van der Waals surface area (Å²) < 4.78 is 28.8. The van der Waals surface area contributed by atoms with Crippen molar-refractivity contribution in [2.75, 3.05) is 49.7 Å². The standard InChI is InChI=1S/C43H47ClN6O5S2/c1-48(2)25-22-36(30-56-38-9-4-3-5-10-38)46-41-21-20-39(28-42(41)50(52)53)57(54,55)47-43(51)32-14-18-37(19-15-32)49-26-23-35(24-27-49)45-29-33-8-6-7-11-40(33)31-12-16-34(44)17-13-31/h3-21,28,35-36,45-46H,22-27,29-30H2,1-2H3,(H,47,51)/t36-/m1/s1. The monoisotopic (exact) mass is 826 g/mol. The largest absolute Gasteiger partial charge is 0.376 e. The molecule has 0 bridgehead atoms. The van der Waals surface area contributed by atoms with Gasteiger partial charge in [-0.1, -0.05) is 66.2 Å². The molecule has 1 atom stereocenters. The van der Waals surface area contributed by atoms with Crippen LogP contribution in [-0.2, 0) is 16.6 Å². The van der Waals surface area contributed by atoms with Gasteiger partial charge in [-0.3, -0.25) is 14.9 Å². The van der Waals surface area contributed by atoms with Crippen molar-refractivity contribution < 1.29 is 18.1 Å². The van der Waals surface area contributed by atoms with E-state index in [0.717, 1.165) is 61.2 Å². The molecule has 1 heterocycles. The maximum atomic E-state index is 13.4. The lowest BCUT2D eigenvalue weighted by Gasteiger charge is -2.34. The summed E-state index contributed by atoms with van der Waals surface area (Å²) in [5.74, 6) is -0.184. The normalized spacial score (nSPS) is 14.0. The minimum Gasteiger partial charge on any atom is -0.376 e. The molecule has 5 aromatic carbocycles. The molecule has 298 valence electrons. The van der Waals surface area contributed by atoms with Crippen LogP contribution < -0.4 is 20.3 Å². The minimum atomic E-state index is -4.42. The van der Waals surface area contributed by atoms with Gasteiger partial charge in [0.2, 0.25) is 0 Å². The van der Waals surface area contributed by atoms with E-state index in [1.165, 1.54) is 23.3 Å². The second-order valence-corrected chi connectivity index (χ2v) is 17.5. The first-order valence-electron chi connectivity index (χ1n) is 18.8. The lowest BCUT2D eigenvalue weighted by Crippen LogP contribution is -2.42. The molecule has 0 saturated carbocycles. The molecule has 14 heteroatoms. The molecule has 6 rings (SSSR count). The van der Waals surface area contributed by atoms with Crippen LogP contribution in [0.15, 0.2) is 131 Å². The fourth-order valence-corrected chi connectivity index (χ4v) is 8.85. The van der Waals surface area contributed by atoms with Gasteiger partial charge in [-0.2, -0.15) is 0 Å². The number of amides is 1. The van der Waals surface area contributed by atoms with E-state index >= 15 is 0 Å². The first-order chi connectivity index (χ1) is 27.4. The number of hydrogen-bond donors (Lipinski definition) is 3. The van der Waals surface area contributed by atoms with E-state index in [-0.39, 0.29) is 22.2 Å². The molecule has 0 unspecified atom stereocenters. The Morgan fingerprint density at radius 2 is 1.61 bits per heavy atom.